The van der Waals surface area contributed by atoms with Crippen molar-refractivity contribution in [3.05, 3.63) is 106 Å². The highest BCUT2D eigenvalue weighted by Crippen LogP contribution is 2.23. The third-order valence-corrected chi connectivity index (χ3v) is 11.8. The van der Waals surface area contributed by atoms with Crippen molar-refractivity contribution in [1.82, 2.24) is 31.9 Å². The van der Waals surface area contributed by atoms with Crippen LogP contribution in [0, 0.1) is 0 Å². The van der Waals surface area contributed by atoms with Crippen LogP contribution in [0.4, 0.5) is 0 Å². The first-order chi connectivity index (χ1) is 23.7. The smallest absolute Gasteiger partial charge is 0.0224 e. The molecule has 48 heavy (non-hydrogen) atoms. The third kappa shape index (κ3) is 9.56. The predicted octanol–water partition coefficient (Wildman–Crippen LogP) is 6.57. The molecule has 3 saturated carbocycles. The molecule has 3 fully saturated rings. The minimum Gasteiger partial charge on any atom is -0.308 e. The van der Waals surface area contributed by atoms with Crippen molar-refractivity contribution < 1.29 is 0 Å². The van der Waals surface area contributed by atoms with Crippen LogP contribution in [0.15, 0.2) is 72.8 Å². The van der Waals surface area contributed by atoms with Gasteiger partial charge >= 0.3 is 0 Å². The molecule has 9 aliphatic rings. The topological polar surface area (TPSA) is 72.2 Å². The zero-order valence-corrected chi connectivity index (χ0v) is 29.1. The molecule has 0 amide bonds. The van der Waals surface area contributed by atoms with Gasteiger partial charge in [-0.1, -0.05) is 111 Å². The van der Waals surface area contributed by atoms with Crippen molar-refractivity contribution in [2.24, 2.45) is 0 Å². The second-order valence-electron chi connectivity index (χ2n) is 15.2. The second kappa shape index (κ2) is 17.4. The van der Waals surface area contributed by atoms with E-state index >= 15 is 0 Å². The van der Waals surface area contributed by atoms with Gasteiger partial charge in [0.15, 0.2) is 0 Å². The summed E-state index contributed by atoms with van der Waals surface area (Å²) in [4.78, 5) is 0. The molecule has 258 valence electrons. The highest BCUT2D eigenvalue weighted by Gasteiger charge is 2.26. The Labute approximate surface area is 290 Å². The molecule has 0 saturated heterocycles. The van der Waals surface area contributed by atoms with E-state index < -0.39 is 0 Å². The van der Waals surface area contributed by atoms with Gasteiger partial charge in [0.2, 0.25) is 0 Å². The maximum Gasteiger partial charge on any atom is 0.0224 e. The molecule has 6 N–H and O–H groups in total. The maximum atomic E-state index is 3.93. The Kier molecular flexibility index (Phi) is 12.3. The van der Waals surface area contributed by atoms with Gasteiger partial charge in [-0.25, -0.2) is 0 Å². The molecule has 6 heteroatoms. The van der Waals surface area contributed by atoms with Gasteiger partial charge in [-0.15, -0.1) is 0 Å². The first-order valence-electron chi connectivity index (χ1n) is 19.4. The molecule has 6 heterocycles. The summed E-state index contributed by atoms with van der Waals surface area (Å²) in [5.41, 5.74) is 8.28. The lowest BCUT2D eigenvalue weighted by molar-refractivity contribution is 0.280. The summed E-state index contributed by atoms with van der Waals surface area (Å²) in [6.45, 7) is 5.61. The number of hydrogen-bond donors (Lipinski definition) is 6. The Morgan fingerprint density at radius 2 is 0.396 bits per heavy atom. The first-order valence-corrected chi connectivity index (χ1v) is 19.4. The summed E-state index contributed by atoms with van der Waals surface area (Å²) in [7, 11) is 0. The van der Waals surface area contributed by atoms with Crippen molar-refractivity contribution in [1.29, 1.82) is 0 Å². The molecular formula is C42H60N6. The molecule has 6 atom stereocenters. The summed E-state index contributed by atoms with van der Waals surface area (Å²) < 4.78 is 0. The highest BCUT2D eigenvalue weighted by atomic mass is 15.0. The van der Waals surface area contributed by atoms with Crippen molar-refractivity contribution in [3.63, 3.8) is 0 Å². The highest BCUT2D eigenvalue weighted by molar-refractivity contribution is 5.25. The quantitative estimate of drug-likeness (QED) is 0.166. The summed E-state index contributed by atoms with van der Waals surface area (Å²) in [5, 5.41) is 23.6. The molecule has 6 nitrogen and oxygen atoms in total. The summed E-state index contributed by atoms with van der Waals surface area (Å²) in [6, 6.07) is 31.1. The van der Waals surface area contributed by atoms with Crippen molar-refractivity contribution in [2.75, 3.05) is 0 Å². The van der Waals surface area contributed by atoms with Gasteiger partial charge in [0.25, 0.3) is 0 Å². The lowest BCUT2D eigenvalue weighted by Gasteiger charge is -2.34. The molecule has 0 radical (unpaired) electrons. The second-order valence-corrected chi connectivity index (χ2v) is 15.2. The van der Waals surface area contributed by atoms with Crippen LogP contribution in [-0.4, -0.2) is 36.3 Å². The Hall–Kier alpha value is -2.58. The fraction of sp³-hybridized carbons (Fsp3) is 0.571. The lowest BCUT2D eigenvalue weighted by atomic mass is 9.89. The van der Waals surface area contributed by atoms with E-state index in [-0.39, 0.29) is 0 Å². The molecule has 3 aromatic carbocycles. The Morgan fingerprint density at radius 3 is 0.542 bits per heavy atom. The van der Waals surface area contributed by atoms with Crippen molar-refractivity contribution in [2.45, 2.75) is 153 Å². The summed E-state index contributed by atoms with van der Waals surface area (Å²) in [5.74, 6) is 0. The summed E-state index contributed by atoms with van der Waals surface area (Å²) >= 11 is 0. The van der Waals surface area contributed by atoms with Crippen LogP contribution in [-0.2, 0) is 39.3 Å². The van der Waals surface area contributed by atoms with Crippen LogP contribution in [0.3, 0.4) is 0 Å². The third-order valence-electron chi connectivity index (χ3n) is 11.8. The van der Waals surface area contributed by atoms with Crippen molar-refractivity contribution in [3.8, 4) is 0 Å². The number of benzene rings is 3. The molecule has 0 aromatic heterocycles. The van der Waals surface area contributed by atoms with Gasteiger partial charge in [-0.2, -0.15) is 0 Å². The van der Waals surface area contributed by atoms with Crippen LogP contribution < -0.4 is 31.9 Å². The van der Waals surface area contributed by atoms with E-state index in [0.29, 0.717) is 36.3 Å². The number of rotatable bonds is 0. The van der Waals surface area contributed by atoms with E-state index in [4.69, 9.17) is 0 Å². The van der Waals surface area contributed by atoms with Crippen molar-refractivity contribution >= 4 is 0 Å². The van der Waals surface area contributed by atoms with Crippen LogP contribution in [0.1, 0.15) is 110 Å². The van der Waals surface area contributed by atoms with Gasteiger partial charge < -0.3 is 31.9 Å². The van der Waals surface area contributed by atoms with Gasteiger partial charge in [0.1, 0.15) is 0 Å². The average Bonchev–Trinajstić information content (AvgIpc) is 3.15. The molecule has 0 spiro atoms. The van der Waals surface area contributed by atoms with E-state index in [0.717, 1.165) is 39.3 Å². The zero-order valence-electron chi connectivity index (χ0n) is 29.1. The minimum absolute atomic E-state index is 0.523. The Bertz CT molecular complexity index is 1100. The minimum atomic E-state index is 0.523. The molecule has 3 aliphatic carbocycles. The van der Waals surface area contributed by atoms with E-state index in [1.807, 2.05) is 0 Å². The fourth-order valence-corrected chi connectivity index (χ4v) is 8.68. The van der Waals surface area contributed by atoms with Crippen LogP contribution >= 0.6 is 0 Å². The zero-order chi connectivity index (χ0) is 32.4. The molecular weight excluding hydrogens is 589 g/mol. The normalized spacial score (nSPS) is 29.8. The largest absolute Gasteiger partial charge is 0.308 e. The monoisotopic (exact) mass is 648 g/mol. The van der Waals surface area contributed by atoms with E-state index in [9.17, 15) is 0 Å². The predicted molar refractivity (Wildman–Crippen MR) is 198 cm³/mol. The molecule has 0 unspecified atom stereocenters. The van der Waals surface area contributed by atoms with Gasteiger partial charge in [0, 0.05) is 75.5 Å². The van der Waals surface area contributed by atoms with Crippen LogP contribution in [0.25, 0.3) is 0 Å². The SMILES string of the molecule is c1cc2ccc1CN[C@H]1CCCC[C@H]1NCc1ccc(cc1)CN[C@H]1CCCC[C@H]1NCc1ccc(cc1)CN[C@@H]1CCCC[C@@H]1NC2. The molecule has 6 aliphatic heterocycles. The maximum absolute atomic E-state index is 3.93. The van der Waals surface area contributed by atoms with Gasteiger partial charge in [0.05, 0.1) is 0 Å². The number of hydrogen-bond acceptors (Lipinski definition) is 6. The van der Waals surface area contributed by atoms with Gasteiger partial charge in [-0.05, 0) is 71.9 Å². The fourth-order valence-electron chi connectivity index (χ4n) is 8.68. The standard InChI is InChI=1S/C42H60N6/c1-2-8-38-37(7-1)43-25-31-13-15-33(16-14-31)27-45-39-9-3-4-10-40(39)47-29-35-21-23-36(24-22-35)30-48-42-12-6-5-11-41(42)46-28-34-19-17-32(18-20-34)26-44-38/h13-24,37-48H,1-12,25-30H2/t37-,38+,39-,40+,41-,42+. The van der Waals surface area contributed by atoms with E-state index in [1.165, 1.54) is 110 Å². The van der Waals surface area contributed by atoms with Gasteiger partial charge in [-0.3, -0.25) is 0 Å². The molecule has 6 bridgehead atoms. The Balaban J connectivity index is 1.03. The lowest BCUT2D eigenvalue weighted by Crippen LogP contribution is -2.49. The average molecular weight is 649 g/mol. The molecule has 12 rings (SSSR count). The van der Waals surface area contributed by atoms with Crippen LogP contribution in [0.2, 0.25) is 0 Å². The van der Waals surface area contributed by atoms with E-state index in [1.54, 1.807) is 0 Å². The van der Waals surface area contributed by atoms with E-state index in [2.05, 4.69) is 105 Å². The Morgan fingerprint density at radius 1 is 0.250 bits per heavy atom. The number of nitrogens with one attached hydrogen (secondary N) is 6. The summed E-state index contributed by atoms with van der Waals surface area (Å²) in [6.07, 6.45) is 15.5. The first kappa shape index (κ1) is 33.9. The van der Waals surface area contributed by atoms with Crippen LogP contribution in [0.5, 0.6) is 0 Å². The molecule has 3 aromatic rings.